The molecule has 1 aromatic heterocycles. The van der Waals surface area contributed by atoms with E-state index in [9.17, 15) is 4.79 Å². The van der Waals surface area contributed by atoms with E-state index in [4.69, 9.17) is 0 Å². The zero-order valence-corrected chi connectivity index (χ0v) is 11.4. The van der Waals surface area contributed by atoms with Gasteiger partial charge in [-0.1, -0.05) is 0 Å². The van der Waals surface area contributed by atoms with E-state index in [0.29, 0.717) is 5.92 Å². The lowest BCUT2D eigenvalue weighted by Gasteiger charge is -2.33. The molecule has 0 spiro atoms. The van der Waals surface area contributed by atoms with Crippen LogP contribution in [0.1, 0.15) is 23.3 Å². The SMILES string of the molecule is CNCC1CCCN(c2cnc(C(=O)OC)cn2)C1. The summed E-state index contributed by atoms with van der Waals surface area (Å²) in [5, 5.41) is 3.22. The standard InChI is InChI=1S/C13H20N4O2/c1-14-6-10-4-3-5-17(9-10)12-8-15-11(7-16-12)13(18)19-2/h7-8,10,14H,3-6,9H2,1-2H3. The average Bonchev–Trinajstić information content (AvgIpc) is 2.47. The first-order valence-electron chi connectivity index (χ1n) is 6.54. The Kier molecular flexibility index (Phi) is 4.68. The number of carbonyl (C=O) groups excluding carboxylic acids is 1. The van der Waals surface area contributed by atoms with Crippen LogP contribution >= 0.6 is 0 Å². The number of esters is 1. The van der Waals surface area contributed by atoms with Crippen molar-refractivity contribution in [3.63, 3.8) is 0 Å². The topological polar surface area (TPSA) is 67.4 Å². The minimum Gasteiger partial charge on any atom is -0.464 e. The van der Waals surface area contributed by atoms with E-state index in [2.05, 4.69) is 24.9 Å². The van der Waals surface area contributed by atoms with Gasteiger partial charge in [0.15, 0.2) is 5.69 Å². The summed E-state index contributed by atoms with van der Waals surface area (Å²) in [5.74, 6) is 1.01. The highest BCUT2D eigenvalue weighted by molar-refractivity contribution is 5.86. The lowest BCUT2D eigenvalue weighted by atomic mass is 9.98. The van der Waals surface area contributed by atoms with Gasteiger partial charge in [-0.05, 0) is 32.4 Å². The van der Waals surface area contributed by atoms with Crippen molar-refractivity contribution < 1.29 is 9.53 Å². The van der Waals surface area contributed by atoms with Crippen LogP contribution in [0.3, 0.4) is 0 Å². The van der Waals surface area contributed by atoms with Gasteiger partial charge >= 0.3 is 5.97 Å². The molecule has 104 valence electrons. The van der Waals surface area contributed by atoms with Crippen molar-refractivity contribution in [3.05, 3.63) is 18.1 Å². The number of nitrogens with zero attached hydrogens (tertiary/aromatic N) is 3. The Hall–Kier alpha value is -1.69. The van der Waals surface area contributed by atoms with Crippen LogP contribution in [0, 0.1) is 5.92 Å². The van der Waals surface area contributed by atoms with Gasteiger partial charge in [-0.25, -0.2) is 14.8 Å². The molecule has 1 aromatic rings. The third kappa shape index (κ3) is 3.41. The van der Waals surface area contributed by atoms with Crippen molar-refractivity contribution in [1.82, 2.24) is 15.3 Å². The van der Waals surface area contributed by atoms with Crippen LogP contribution in [0.5, 0.6) is 0 Å². The summed E-state index contributed by atoms with van der Waals surface area (Å²) < 4.78 is 4.61. The lowest BCUT2D eigenvalue weighted by molar-refractivity contribution is 0.0593. The van der Waals surface area contributed by atoms with Crippen molar-refractivity contribution in [1.29, 1.82) is 0 Å². The highest BCUT2D eigenvalue weighted by Crippen LogP contribution is 2.20. The number of methoxy groups -OCH3 is 1. The van der Waals surface area contributed by atoms with Gasteiger partial charge in [-0.15, -0.1) is 0 Å². The number of rotatable bonds is 4. The summed E-state index contributed by atoms with van der Waals surface area (Å²) in [7, 11) is 3.31. The second kappa shape index (κ2) is 6.47. The summed E-state index contributed by atoms with van der Waals surface area (Å²) >= 11 is 0. The molecule has 0 saturated carbocycles. The molecular weight excluding hydrogens is 244 g/mol. The predicted octanol–water partition coefficient (Wildman–Crippen LogP) is 0.699. The Morgan fingerprint density at radius 2 is 2.37 bits per heavy atom. The molecule has 2 rings (SSSR count). The quantitative estimate of drug-likeness (QED) is 0.807. The number of hydrogen-bond acceptors (Lipinski definition) is 6. The molecule has 6 heteroatoms. The van der Waals surface area contributed by atoms with E-state index in [1.54, 1.807) is 6.20 Å². The van der Waals surface area contributed by atoms with Crippen molar-refractivity contribution >= 4 is 11.8 Å². The Morgan fingerprint density at radius 1 is 1.53 bits per heavy atom. The lowest BCUT2D eigenvalue weighted by Crippen LogP contribution is -2.39. The van der Waals surface area contributed by atoms with E-state index in [1.807, 2.05) is 7.05 Å². The summed E-state index contributed by atoms with van der Waals surface area (Å²) in [5.41, 5.74) is 0.245. The van der Waals surface area contributed by atoms with Crippen LogP contribution < -0.4 is 10.2 Å². The number of ether oxygens (including phenoxy) is 1. The van der Waals surface area contributed by atoms with E-state index in [0.717, 1.165) is 31.9 Å². The predicted molar refractivity (Wildman–Crippen MR) is 72.2 cm³/mol. The molecule has 0 bridgehead atoms. The number of aromatic nitrogens is 2. The van der Waals surface area contributed by atoms with Crippen LogP contribution in [0.4, 0.5) is 5.82 Å². The highest BCUT2D eigenvalue weighted by atomic mass is 16.5. The van der Waals surface area contributed by atoms with Gasteiger partial charge in [0.25, 0.3) is 0 Å². The maximum Gasteiger partial charge on any atom is 0.358 e. The molecule has 0 aromatic carbocycles. The largest absolute Gasteiger partial charge is 0.464 e. The van der Waals surface area contributed by atoms with Crippen molar-refractivity contribution in [2.75, 3.05) is 38.7 Å². The molecule has 2 heterocycles. The second-order valence-electron chi connectivity index (χ2n) is 4.76. The van der Waals surface area contributed by atoms with E-state index in [1.165, 1.54) is 19.7 Å². The van der Waals surface area contributed by atoms with Gasteiger partial charge in [0, 0.05) is 13.1 Å². The second-order valence-corrected chi connectivity index (χ2v) is 4.76. The minimum atomic E-state index is -0.453. The molecule has 0 amide bonds. The van der Waals surface area contributed by atoms with Gasteiger partial charge in [0.1, 0.15) is 5.82 Å². The summed E-state index contributed by atoms with van der Waals surface area (Å²) in [6.45, 7) is 2.99. The van der Waals surface area contributed by atoms with Crippen LogP contribution in [-0.2, 0) is 4.74 Å². The van der Waals surface area contributed by atoms with Crippen LogP contribution in [0.2, 0.25) is 0 Å². The smallest absolute Gasteiger partial charge is 0.358 e. The molecule has 0 radical (unpaired) electrons. The number of hydrogen-bond donors (Lipinski definition) is 1. The summed E-state index contributed by atoms with van der Waals surface area (Å²) in [4.78, 5) is 21.9. The number of nitrogens with one attached hydrogen (secondary N) is 1. The molecular formula is C13H20N4O2. The van der Waals surface area contributed by atoms with E-state index < -0.39 is 5.97 Å². The van der Waals surface area contributed by atoms with Gasteiger partial charge in [0.2, 0.25) is 0 Å². The van der Waals surface area contributed by atoms with Crippen LogP contribution in [-0.4, -0.2) is 49.7 Å². The van der Waals surface area contributed by atoms with Gasteiger partial charge < -0.3 is 15.0 Å². The number of piperidine rings is 1. The van der Waals surface area contributed by atoms with Gasteiger partial charge in [0.05, 0.1) is 19.5 Å². The average molecular weight is 264 g/mol. The summed E-state index contributed by atoms with van der Waals surface area (Å²) in [6, 6.07) is 0. The first kappa shape index (κ1) is 13.7. The molecule has 1 saturated heterocycles. The van der Waals surface area contributed by atoms with E-state index >= 15 is 0 Å². The third-order valence-corrected chi connectivity index (χ3v) is 3.37. The van der Waals surface area contributed by atoms with Crippen molar-refractivity contribution in [2.24, 2.45) is 5.92 Å². The molecule has 0 aliphatic carbocycles. The Labute approximate surface area is 113 Å². The monoisotopic (exact) mass is 264 g/mol. The Balaban J connectivity index is 2.03. The number of carbonyl (C=O) groups is 1. The first-order chi connectivity index (χ1) is 9.24. The molecule has 19 heavy (non-hydrogen) atoms. The van der Waals surface area contributed by atoms with E-state index in [-0.39, 0.29) is 5.69 Å². The normalized spacial score (nSPS) is 19.3. The van der Waals surface area contributed by atoms with Crippen molar-refractivity contribution in [3.8, 4) is 0 Å². The zero-order chi connectivity index (χ0) is 13.7. The molecule has 1 fully saturated rings. The number of anilines is 1. The van der Waals surface area contributed by atoms with Crippen LogP contribution in [0.15, 0.2) is 12.4 Å². The zero-order valence-electron chi connectivity index (χ0n) is 11.4. The maximum absolute atomic E-state index is 11.3. The van der Waals surface area contributed by atoms with Gasteiger partial charge in [-0.3, -0.25) is 0 Å². The maximum atomic E-state index is 11.3. The molecule has 1 unspecified atom stereocenters. The fourth-order valence-corrected chi connectivity index (χ4v) is 2.42. The molecule has 1 aliphatic heterocycles. The molecule has 1 atom stereocenters. The molecule has 6 nitrogen and oxygen atoms in total. The molecule has 1 N–H and O–H groups in total. The fraction of sp³-hybridized carbons (Fsp3) is 0.615. The van der Waals surface area contributed by atoms with Gasteiger partial charge in [-0.2, -0.15) is 0 Å². The van der Waals surface area contributed by atoms with Crippen molar-refractivity contribution in [2.45, 2.75) is 12.8 Å². The first-order valence-corrected chi connectivity index (χ1v) is 6.54. The Bertz CT molecular complexity index is 419. The highest BCUT2D eigenvalue weighted by Gasteiger charge is 2.20. The van der Waals surface area contributed by atoms with Crippen LogP contribution in [0.25, 0.3) is 0 Å². The summed E-state index contributed by atoms with van der Waals surface area (Å²) in [6.07, 6.45) is 5.52. The minimum absolute atomic E-state index is 0.245. The Morgan fingerprint density at radius 3 is 3.00 bits per heavy atom. The fourth-order valence-electron chi connectivity index (χ4n) is 2.42. The third-order valence-electron chi connectivity index (χ3n) is 3.37. The molecule has 1 aliphatic rings.